The van der Waals surface area contributed by atoms with Crippen molar-refractivity contribution in [2.45, 2.75) is 31.8 Å². The van der Waals surface area contributed by atoms with Crippen molar-refractivity contribution >= 4 is 0 Å². The summed E-state index contributed by atoms with van der Waals surface area (Å²) >= 11 is 0. The molecule has 0 fully saturated rings. The van der Waals surface area contributed by atoms with E-state index in [0.29, 0.717) is 12.1 Å². The lowest BCUT2D eigenvalue weighted by molar-refractivity contribution is -0.143. The molecule has 1 nitrogen and oxygen atoms in total. The number of halogens is 6. The SMILES string of the molecule is CC(C)(O)C#Cc1cc(C(F)(F)F)cc(C(F)(F)F)c1. The Morgan fingerprint density at radius 2 is 1.25 bits per heavy atom. The molecule has 1 rings (SSSR count). The Kier molecular flexibility index (Phi) is 4.11. The average Bonchev–Trinajstić information content (AvgIpc) is 2.22. The summed E-state index contributed by atoms with van der Waals surface area (Å²) in [7, 11) is 0. The Bertz CT molecular complexity index is 519. The highest BCUT2D eigenvalue weighted by Crippen LogP contribution is 2.36. The maximum Gasteiger partial charge on any atom is 0.416 e. The summed E-state index contributed by atoms with van der Waals surface area (Å²) in [5.41, 5.74) is -4.86. The summed E-state index contributed by atoms with van der Waals surface area (Å²) in [6, 6.07) is 1.04. The maximum atomic E-state index is 12.5. The molecule has 110 valence electrons. The third kappa shape index (κ3) is 4.78. The van der Waals surface area contributed by atoms with Crippen LogP contribution in [0.25, 0.3) is 0 Å². The number of aliphatic hydroxyl groups is 1. The third-order valence-electron chi connectivity index (χ3n) is 2.10. The molecule has 0 aliphatic carbocycles. The predicted molar refractivity (Wildman–Crippen MR) is 59.6 cm³/mol. The third-order valence-corrected chi connectivity index (χ3v) is 2.10. The first-order chi connectivity index (χ1) is 8.79. The van der Waals surface area contributed by atoms with E-state index >= 15 is 0 Å². The molecule has 0 saturated carbocycles. The average molecular weight is 296 g/mol. The summed E-state index contributed by atoms with van der Waals surface area (Å²) in [4.78, 5) is 0. The summed E-state index contributed by atoms with van der Waals surface area (Å²) in [6.07, 6.45) is -9.82. The highest BCUT2D eigenvalue weighted by molar-refractivity contribution is 5.43. The van der Waals surface area contributed by atoms with E-state index in [0.717, 1.165) is 0 Å². The summed E-state index contributed by atoms with van der Waals surface area (Å²) in [6.45, 7) is 2.52. The minimum absolute atomic E-state index is 0.0231. The van der Waals surface area contributed by atoms with Crippen LogP contribution in [0.5, 0.6) is 0 Å². The number of hydrogen-bond donors (Lipinski definition) is 1. The van der Waals surface area contributed by atoms with Gasteiger partial charge in [-0.2, -0.15) is 26.3 Å². The molecule has 1 aromatic rings. The van der Waals surface area contributed by atoms with Crippen LogP contribution in [-0.4, -0.2) is 10.7 Å². The molecule has 0 unspecified atom stereocenters. The zero-order valence-electron chi connectivity index (χ0n) is 10.4. The lowest BCUT2D eigenvalue weighted by Crippen LogP contribution is -2.15. The lowest BCUT2D eigenvalue weighted by Gasteiger charge is -2.12. The highest BCUT2D eigenvalue weighted by Gasteiger charge is 2.36. The zero-order chi connectivity index (χ0) is 15.8. The lowest BCUT2D eigenvalue weighted by atomic mass is 10.0. The number of hydrogen-bond acceptors (Lipinski definition) is 1. The summed E-state index contributed by atoms with van der Waals surface area (Å²) in [5, 5.41) is 9.32. The van der Waals surface area contributed by atoms with Gasteiger partial charge in [-0.25, -0.2) is 0 Å². The maximum absolute atomic E-state index is 12.5. The van der Waals surface area contributed by atoms with Gasteiger partial charge in [-0.1, -0.05) is 11.8 Å². The van der Waals surface area contributed by atoms with Crippen LogP contribution in [0.2, 0.25) is 0 Å². The van der Waals surface area contributed by atoms with Gasteiger partial charge in [0.25, 0.3) is 0 Å². The van der Waals surface area contributed by atoms with Crippen LogP contribution < -0.4 is 0 Å². The van der Waals surface area contributed by atoms with E-state index in [-0.39, 0.29) is 6.07 Å². The van der Waals surface area contributed by atoms with Crippen molar-refractivity contribution in [3.8, 4) is 11.8 Å². The van der Waals surface area contributed by atoms with E-state index in [1.165, 1.54) is 13.8 Å². The van der Waals surface area contributed by atoms with Crippen LogP contribution in [0.4, 0.5) is 26.3 Å². The topological polar surface area (TPSA) is 20.2 Å². The van der Waals surface area contributed by atoms with Gasteiger partial charge in [-0.05, 0) is 32.0 Å². The van der Waals surface area contributed by atoms with E-state index in [1.807, 2.05) is 0 Å². The molecule has 20 heavy (non-hydrogen) atoms. The Balaban J connectivity index is 3.42. The van der Waals surface area contributed by atoms with Crippen molar-refractivity contribution in [1.82, 2.24) is 0 Å². The molecule has 0 spiro atoms. The molecule has 1 aromatic carbocycles. The van der Waals surface area contributed by atoms with E-state index in [1.54, 1.807) is 0 Å². The van der Waals surface area contributed by atoms with Crippen molar-refractivity contribution in [2.24, 2.45) is 0 Å². The molecule has 0 heterocycles. The van der Waals surface area contributed by atoms with Crippen molar-refractivity contribution in [3.05, 3.63) is 34.9 Å². The molecular formula is C13H10F6O. The van der Waals surface area contributed by atoms with Crippen LogP contribution in [0.3, 0.4) is 0 Å². The number of benzene rings is 1. The first-order valence-electron chi connectivity index (χ1n) is 5.34. The van der Waals surface area contributed by atoms with Gasteiger partial charge in [-0.3, -0.25) is 0 Å². The molecule has 0 aromatic heterocycles. The fraction of sp³-hybridized carbons (Fsp3) is 0.385. The molecule has 1 N–H and O–H groups in total. The molecule has 0 radical (unpaired) electrons. The molecule has 0 atom stereocenters. The smallest absolute Gasteiger partial charge is 0.378 e. The second kappa shape index (κ2) is 5.02. The van der Waals surface area contributed by atoms with Gasteiger partial charge in [0, 0.05) is 5.56 Å². The molecular weight excluding hydrogens is 286 g/mol. The van der Waals surface area contributed by atoms with Crippen LogP contribution in [0.15, 0.2) is 18.2 Å². The van der Waals surface area contributed by atoms with Gasteiger partial charge in [-0.15, -0.1) is 0 Å². The number of rotatable bonds is 0. The monoisotopic (exact) mass is 296 g/mol. The van der Waals surface area contributed by atoms with Crippen LogP contribution >= 0.6 is 0 Å². The van der Waals surface area contributed by atoms with Gasteiger partial charge in [0.05, 0.1) is 11.1 Å². The number of alkyl halides is 6. The standard InChI is InChI=1S/C13H10F6O/c1-11(2,20)4-3-8-5-9(12(14,15)16)7-10(6-8)13(17,18)19/h5-7,20H,1-2H3. The molecule has 0 saturated heterocycles. The van der Waals surface area contributed by atoms with Crippen molar-refractivity contribution in [3.63, 3.8) is 0 Å². The van der Waals surface area contributed by atoms with Crippen LogP contribution in [-0.2, 0) is 12.4 Å². The summed E-state index contributed by atoms with van der Waals surface area (Å²) < 4.78 is 75.3. The predicted octanol–water partition coefficient (Wildman–Crippen LogP) is 3.85. The second-order valence-electron chi connectivity index (χ2n) is 4.60. The van der Waals surface area contributed by atoms with Crippen molar-refractivity contribution < 1.29 is 31.4 Å². The summed E-state index contributed by atoms with van der Waals surface area (Å²) in [5.74, 6) is 4.28. The second-order valence-corrected chi connectivity index (χ2v) is 4.60. The van der Waals surface area contributed by atoms with E-state index in [4.69, 9.17) is 0 Å². The molecule has 7 heteroatoms. The van der Waals surface area contributed by atoms with Gasteiger partial charge in [0.15, 0.2) is 0 Å². The zero-order valence-corrected chi connectivity index (χ0v) is 10.4. The molecule has 0 bridgehead atoms. The van der Waals surface area contributed by atoms with Gasteiger partial charge in [0.1, 0.15) is 5.60 Å². The Labute approximate surface area is 111 Å². The molecule has 0 aliphatic heterocycles. The van der Waals surface area contributed by atoms with Crippen LogP contribution in [0, 0.1) is 11.8 Å². The largest absolute Gasteiger partial charge is 0.416 e. The minimum atomic E-state index is -4.91. The fourth-order valence-corrected chi connectivity index (χ4v) is 1.25. The van der Waals surface area contributed by atoms with Gasteiger partial charge < -0.3 is 5.11 Å². The Morgan fingerprint density at radius 3 is 1.55 bits per heavy atom. The molecule has 0 amide bonds. The van der Waals surface area contributed by atoms with Crippen LogP contribution in [0.1, 0.15) is 30.5 Å². The first-order valence-corrected chi connectivity index (χ1v) is 5.34. The quantitative estimate of drug-likeness (QED) is 0.569. The highest BCUT2D eigenvalue weighted by atomic mass is 19.4. The Hall–Kier alpha value is -1.68. The Morgan fingerprint density at radius 1 is 0.850 bits per heavy atom. The van der Waals surface area contributed by atoms with Gasteiger partial charge >= 0.3 is 12.4 Å². The van der Waals surface area contributed by atoms with E-state index in [9.17, 15) is 31.4 Å². The first kappa shape index (κ1) is 16.4. The normalized spacial score (nSPS) is 12.8. The van der Waals surface area contributed by atoms with Gasteiger partial charge in [0.2, 0.25) is 0 Å². The van der Waals surface area contributed by atoms with Crippen molar-refractivity contribution in [1.29, 1.82) is 0 Å². The minimum Gasteiger partial charge on any atom is -0.378 e. The van der Waals surface area contributed by atoms with Crippen molar-refractivity contribution in [2.75, 3.05) is 0 Å². The molecule has 0 aliphatic rings. The van der Waals surface area contributed by atoms with E-state index < -0.39 is 34.6 Å². The fourth-order valence-electron chi connectivity index (χ4n) is 1.25. The van der Waals surface area contributed by atoms with E-state index in [2.05, 4.69) is 11.8 Å².